The highest BCUT2D eigenvalue weighted by Gasteiger charge is 2.24. The maximum Gasteiger partial charge on any atom is 0.119 e. The lowest BCUT2D eigenvalue weighted by molar-refractivity contribution is 0.379. The molecule has 2 atom stereocenters. The SMILES string of the molecule is CCC1Cc2ccc(OC)cc2C(CC)N1. The van der Waals surface area contributed by atoms with Gasteiger partial charge in [0, 0.05) is 12.1 Å². The van der Waals surface area contributed by atoms with Gasteiger partial charge in [-0.1, -0.05) is 19.9 Å². The van der Waals surface area contributed by atoms with Crippen LogP contribution in [0.15, 0.2) is 18.2 Å². The molecule has 1 N–H and O–H groups in total. The minimum absolute atomic E-state index is 0.490. The van der Waals surface area contributed by atoms with Crippen molar-refractivity contribution in [1.29, 1.82) is 0 Å². The number of fused-ring (bicyclic) bond motifs is 1. The minimum Gasteiger partial charge on any atom is -0.497 e. The summed E-state index contributed by atoms with van der Waals surface area (Å²) in [5.74, 6) is 0.967. The van der Waals surface area contributed by atoms with Crippen molar-refractivity contribution in [1.82, 2.24) is 5.32 Å². The predicted octanol–water partition coefficient (Wildman–Crippen LogP) is 3.07. The molecule has 2 rings (SSSR count). The highest BCUT2D eigenvalue weighted by molar-refractivity contribution is 5.39. The average Bonchev–Trinajstić information content (AvgIpc) is 2.36. The Morgan fingerprint density at radius 2 is 2.12 bits per heavy atom. The third kappa shape index (κ3) is 2.07. The maximum atomic E-state index is 5.30. The standard InChI is InChI=1S/C14H21NO/c1-4-11-8-10-6-7-12(16-3)9-13(10)14(5-2)15-11/h6-7,9,11,14-15H,4-5,8H2,1-3H3. The summed E-state index contributed by atoms with van der Waals surface area (Å²) in [6.45, 7) is 4.48. The Labute approximate surface area is 98.0 Å². The zero-order valence-electron chi connectivity index (χ0n) is 10.4. The fourth-order valence-corrected chi connectivity index (χ4v) is 2.51. The Balaban J connectivity index is 2.34. The molecule has 16 heavy (non-hydrogen) atoms. The summed E-state index contributed by atoms with van der Waals surface area (Å²) in [4.78, 5) is 0. The molecular weight excluding hydrogens is 198 g/mol. The van der Waals surface area contributed by atoms with Gasteiger partial charge in [0.1, 0.15) is 5.75 Å². The molecule has 88 valence electrons. The fraction of sp³-hybridized carbons (Fsp3) is 0.571. The molecule has 1 aliphatic heterocycles. The van der Waals surface area contributed by atoms with Crippen LogP contribution in [0.2, 0.25) is 0 Å². The molecule has 1 aliphatic rings. The van der Waals surface area contributed by atoms with E-state index < -0.39 is 0 Å². The highest BCUT2D eigenvalue weighted by atomic mass is 16.5. The largest absolute Gasteiger partial charge is 0.497 e. The second-order valence-electron chi connectivity index (χ2n) is 4.50. The van der Waals surface area contributed by atoms with Crippen LogP contribution in [-0.4, -0.2) is 13.2 Å². The monoisotopic (exact) mass is 219 g/mol. The summed E-state index contributed by atoms with van der Waals surface area (Å²) in [6.07, 6.45) is 3.48. The smallest absolute Gasteiger partial charge is 0.119 e. The van der Waals surface area contributed by atoms with Crippen molar-refractivity contribution in [2.75, 3.05) is 7.11 Å². The van der Waals surface area contributed by atoms with Crippen molar-refractivity contribution in [2.24, 2.45) is 0 Å². The Morgan fingerprint density at radius 3 is 2.75 bits per heavy atom. The zero-order chi connectivity index (χ0) is 11.5. The van der Waals surface area contributed by atoms with E-state index in [-0.39, 0.29) is 0 Å². The second-order valence-corrected chi connectivity index (χ2v) is 4.50. The van der Waals surface area contributed by atoms with Gasteiger partial charge in [-0.2, -0.15) is 0 Å². The lowest BCUT2D eigenvalue weighted by Crippen LogP contribution is -2.38. The third-order valence-electron chi connectivity index (χ3n) is 3.53. The van der Waals surface area contributed by atoms with E-state index in [1.54, 1.807) is 7.11 Å². The van der Waals surface area contributed by atoms with Crippen LogP contribution in [-0.2, 0) is 6.42 Å². The fourth-order valence-electron chi connectivity index (χ4n) is 2.51. The molecule has 0 saturated heterocycles. The van der Waals surface area contributed by atoms with E-state index in [0.29, 0.717) is 12.1 Å². The van der Waals surface area contributed by atoms with Crippen LogP contribution in [0.3, 0.4) is 0 Å². The highest BCUT2D eigenvalue weighted by Crippen LogP contribution is 2.31. The van der Waals surface area contributed by atoms with Crippen LogP contribution < -0.4 is 10.1 Å². The number of hydrogen-bond acceptors (Lipinski definition) is 2. The molecule has 1 heterocycles. The summed E-state index contributed by atoms with van der Waals surface area (Å²) in [5.41, 5.74) is 2.91. The molecule has 0 fully saturated rings. The van der Waals surface area contributed by atoms with Gasteiger partial charge >= 0.3 is 0 Å². The minimum atomic E-state index is 0.490. The molecule has 0 amide bonds. The van der Waals surface area contributed by atoms with E-state index in [4.69, 9.17) is 4.74 Å². The topological polar surface area (TPSA) is 21.3 Å². The van der Waals surface area contributed by atoms with Crippen LogP contribution >= 0.6 is 0 Å². The van der Waals surface area contributed by atoms with E-state index >= 15 is 0 Å². The summed E-state index contributed by atoms with van der Waals surface area (Å²) in [7, 11) is 1.73. The quantitative estimate of drug-likeness (QED) is 0.843. The summed E-state index contributed by atoms with van der Waals surface area (Å²) in [5, 5.41) is 3.70. The molecule has 2 nitrogen and oxygen atoms in total. The molecule has 0 radical (unpaired) electrons. The number of methoxy groups -OCH3 is 1. The Kier molecular flexibility index (Phi) is 3.49. The van der Waals surface area contributed by atoms with E-state index in [9.17, 15) is 0 Å². The van der Waals surface area contributed by atoms with E-state index in [2.05, 4.69) is 37.4 Å². The van der Waals surface area contributed by atoms with Crippen molar-refractivity contribution < 1.29 is 4.74 Å². The lowest BCUT2D eigenvalue weighted by atomic mass is 9.88. The van der Waals surface area contributed by atoms with Gasteiger partial charge in [-0.25, -0.2) is 0 Å². The number of hydrogen-bond donors (Lipinski definition) is 1. The molecule has 0 aromatic heterocycles. The molecule has 2 unspecified atom stereocenters. The molecular formula is C14H21NO. The van der Waals surface area contributed by atoms with Crippen LogP contribution in [0.4, 0.5) is 0 Å². The molecule has 0 bridgehead atoms. The number of rotatable bonds is 3. The van der Waals surface area contributed by atoms with Crippen LogP contribution in [0, 0.1) is 0 Å². The van der Waals surface area contributed by atoms with E-state index in [0.717, 1.165) is 18.6 Å². The Morgan fingerprint density at radius 1 is 1.31 bits per heavy atom. The summed E-state index contributed by atoms with van der Waals surface area (Å²) in [6, 6.07) is 7.60. The van der Waals surface area contributed by atoms with Crippen molar-refractivity contribution in [2.45, 2.75) is 45.2 Å². The zero-order valence-corrected chi connectivity index (χ0v) is 10.4. The molecule has 1 aromatic carbocycles. The van der Waals surface area contributed by atoms with Crippen molar-refractivity contribution in [3.05, 3.63) is 29.3 Å². The first-order chi connectivity index (χ1) is 7.78. The first-order valence-corrected chi connectivity index (χ1v) is 6.21. The van der Waals surface area contributed by atoms with E-state index in [1.807, 2.05) is 0 Å². The van der Waals surface area contributed by atoms with E-state index in [1.165, 1.54) is 17.5 Å². The van der Waals surface area contributed by atoms with Gasteiger partial charge in [0.05, 0.1) is 7.11 Å². The molecule has 2 heteroatoms. The normalized spacial score (nSPS) is 23.9. The summed E-state index contributed by atoms with van der Waals surface area (Å²) >= 11 is 0. The van der Waals surface area contributed by atoms with Crippen LogP contribution in [0.1, 0.15) is 43.9 Å². The molecule has 0 aliphatic carbocycles. The Hall–Kier alpha value is -1.02. The van der Waals surface area contributed by atoms with Crippen LogP contribution in [0.5, 0.6) is 5.75 Å². The lowest BCUT2D eigenvalue weighted by Gasteiger charge is -2.32. The number of benzene rings is 1. The van der Waals surface area contributed by atoms with Crippen LogP contribution in [0.25, 0.3) is 0 Å². The van der Waals surface area contributed by atoms with Gasteiger partial charge < -0.3 is 10.1 Å². The third-order valence-corrected chi connectivity index (χ3v) is 3.53. The molecule has 1 aromatic rings. The first kappa shape index (κ1) is 11.5. The molecule has 0 spiro atoms. The predicted molar refractivity (Wildman–Crippen MR) is 66.9 cm³/mol. The molecule has 0 saturated carbocycles. The average molecular weight is 219 g/mol. The van der Waals surface area contributed by atoms with Crippen molar-refractivity contribution >= 4 is 0 Å². The van der Waals surface area contributed by atoms with Gasteiger partial charge in [0.25, 0.3) is 0 Å². The number of ether oxygens (including phenoxy) is 1. The van der Waals surface area contributed by atoms with Gasteiger partial charge in [-0.05, 0) is 42.5 Å². The van der Waals surface area contributed by atoms with Gasteiger partial charge in [-0.3, -0.25) is 0 Å². The van der Waals surface area contributed by atoms with Gasteiger partial charge in [-0.15, -0.1) is 0 Å². The Bertz CT molecular complexity index is 362. The summed E-state index contributed by atoms with van der Waals surface area (Å²) < 4.78 is 5.30. The van der Waals surface area contributed by atoms with Gasteiger partial charge in [0.15, 0.2) is 0 Å². The van der Waals surface area contributed by atoms with Crippen molar-refractivity contribution in [3.8, 4) is 5.75 Å². The second kappa shape index (κ2) is 4.88. The maximum absolute atomic E-state index is 5.30. The number of nitrogens with one attached hydrogen (secondary N) is 1. The van der Waals surface area contributed by atoms with Gasteiger partial charge in [0.2, 0.25) is 0 Å². The first-order valence-electron chi connectivity index (χ1n) is 6.21. The van der Waals surface area contributed by atoms with Crippen molar-refractivity contribution in [3.63, 3.8) is 0 Å².